The van der Waals surface area contributed by atoms with Crippen molar-refractivity contribution in [2.75, 3.05) is 0 Å². The number of carboxylic acid groups (broad SMARTS) is 1. The number of nitrogens with one attached hydrogen (secondary N) is 1. The summed E-state index contributed by atoms with van der Waals surface area (Å²) in [6.07, 6.45) is 1.14. The van der Waals surface area contributed by atoms with Crippen LogP contribution >= 0.6 is 11.3 Å². The Morgan fingerprint density at radius 1 is 1.60 bits per heavy atom. The van der Waals surface area contributed by atoms with Gasteiger partial charge in [0.15, 0.2) is 0 Å². The monoisotopic (exact) mass is 228 g/mol. The molecular weight excluding hydrogens is 212 g/mol. The van der Waals surface area contributed by atoms with Gasteiger partial charge in [-0.2, -0.15) is 0 Å². The SMILES string of the molecule is CCC(CC)(NCc1cscn1)C(=O)O. The van der Waals surface area contributed by atoms with E-state index < -0.39 is 11.5 Å². The Kier molecular flexibility index (Phi) is 4.23. The third kappa shape index (κ3) is 2.76. The lowest BCUT2D eigenvalue weighted by atomic mass is 9.93. The molecule has 0 saturated heterocycles. The number of hydrogen-bond donors (Lipinski definition) is 2. The highest BCUT2D eigenvalue weighted by molar-refractivity contribution is 7.07. The van der Waals surface area contributed by atoms with Crippen molar-refractivity contribution in [1.82, 2.24) is 10.3 Å². The maximum absolute atomic E-state index is 11.2. The molecule has 0 aliphatic heterocycles. The second-order valence-electron chi connectivity index (χ2n) is 3.43. The normalized spacial score (nSPS) is 11.6. The van der Waals surface area contributed by atoms with E-state index in [4.69, 9.17) is 0 Å². The van der Waals surface area contributed by atoms with E-state index in [0.717, 1.165) is 5.69 Å². The largest absolute Gasteiger partial charge is 0.480 e. The molecule has 0 saturated carbocycles. The summed E-state index contributed by atoms with van der Waals surface area (Å²) in [5.74, 6) is -0.789. The molecule has 15 heavy (non-hydrogen) atoms. The van der Waals surface area contributed by atoms with E-state index in [2.05, 4.69) is 10.3 Å². The first-order valence-corrected chi connectivity index (χ1v) is 5.94. The number of carboxylic acids is 1. The Balaban J connectivity index is 2.63. The Hall–Kier alpha value is -0.940. The Morgan fingerprint density at radius 3 is 2.67 bits per heavy atom. The minimum absolute atomic E-state index is 0.511. The molecular formula is C10H16N2O2S. The molecule has 0 aromatic carbocycles. The minimum Gasteiger partial charge on any atom is -0.480 e. The minimum atomic E-state index is -0.816. The van der Waals surface area contributed by atoms with Crippen LogP contribution in [0.4, 0.5) is 0 Å². The molecule has 5 heteroatoms. The van der Waals surface area contributed by atoms with Crippen LogP contribution in [0.15, 0.2) is 10.9 Å². The van der Waals surface area contributed by atoms with Crippen LogP contribution in [0.3, 0.4) is 0 Å². The number of thiazole rings is 1. The highest BCUT2D eigenvalue weighted by Gasteiger charge is 2.33. The summed E-state index contributed by atoms with van der Waals surface area (Å²) in [6.45, 7) is 4.27. The van der Waals surface area contributed by atoms with Crippen molar-refractivity contribution in [1.29, 1.82) is 0 Å². The van der Waals surface area contributed by atoms with Gasteiger partial charge in [-0.05, 0) is 12.8 Å². The standard InChI is InChI=1S/C10H16N2O2S/c1-3-10(4-2,9(13)14)12-5-8-6-15-7-11-8/h6-7,12H,3-5H2,1-2H3,(H,13,14). The second kappa shape index (κ2) is 5.23. The average Bonchev–Trinajstić information content (AvgIpc) is 2.72. The van der Waals surface area contributed by atoms with Crippen molar-refractivity contribution in [3.8, 4) is 0 Å². The number of rotatable bonds is 6. The van der Waals surface area contributed by atoms with Gasteiger partial charge in [-0.25, -0.2) is 4.98 Å². The van der Waals surface area contributed by atoms with E-state index in [1.165, 1.54) is 11.3 Å². The maximum atomic E-state index is 11.2. The van der Waals surface area contributed by atoms with Crippen molar-refractivity contribution < 1.29 is 9.90 Å². The predicted octanol–water partition coefficient (Wildman–Crippen LogP) is 1.88. The lowest BCUT2D eigenvalue weighted by Gasteiger charge is -2.27. The quantitative estimate of drug-likeness (QED) is 0.780. The van der Waals surface area contributed by atoms with Crippen LogP contribution in [0.25, 0.3) is 0 Å². The molecule has 1 heterocycles. The van der Waals surface area contributed by atoms with Crippen LogP contribution in [0.2, 0.25) is 0 Å². The van der Waals surface area contributed by atoms with Crippen molar-refractivity contribution in [3.63, 3.8) is 0 Å². The maximum Gasteiger partial charge on any atom is 0.323 e. The molecule has 0 radical (unpaired) electrons. The van der Waals surface area contributed by atoms with Crippen molar-refractivity contribution in [3.05, 3.63) is 16.6 Å². The number of aliphatic carboxylic acids is 1. The number of aromatic nitrogens is 1. The molecule has 0 aliphatic carbocycles. The molecule has 1 aromatic rings. The number of hydrogen-bond acceptors (Lipinski definition) is 4. The van der Waals surface area contributed by atoms with Crippen LogP contribution in [0, 0.1) is 0 Å². The third-order valence-corrected chi connectivity index (χ3v) is 3.34. The molecule has 1 rings (SSSR count). The fourth-order valence-electron chi connectivity index (χ4n) is 1.46. The van der Waals surface area contributed by atoms with Gasteiger partial charge in [0, 0.05) is 11.9 Å². The van der Waals surface area contributed by atoms with Gasteiger partial charge in [0.05, 0.1) is 11.2 Å². The summed E-state index contributed by atoms with van der Waals surface area (Å²) >= 11 is 1.52. The molecule has 4 nitrogen and oxygen atoms in total. The molecule has 0 atom stereocenters. The zero-order valence-corrected chi connectivity index (χ0v) is 9.80. The van der Waals surface area contributed by atoms with Gasteiger partial charge in [-0.15, -0.1) is 11.3 Å². The molecule has 84 valence electrons. The first-order valence-electron chi connectivity index (χ1n) is 5.00. The van der Waals surface area contributed by atoms with Crippen LogP contribution < -0.4 is 5.32 Å². The molecule has 0 spiro atoms. The van der Waals surface area contributed by atoms with Crippen LogP contribution in [-0.4, -0.2) is 21.6 Å². The van der Waals surface area contributed by atoms with Crippen molar-refractivity contribution in [2.45, 2.75) is 38.8 Å². The van der Waals surface area contributed by atoms with Crippen molar-refractivity contribution >= 4 is 17.3 Å². The average molecular weight is 228 g/mol. The van der Waals surface area contributed by atoms with E-state index in [1.807, 2.05) is 19.2 Å². The Labute approximate surface area is 93.4 Å². The predicted molar refractivity (Wildman–Crippen MR) is 59.9 cm³/mol. The van der Waals surface area contributed by atoms with E-state index >= 15 is 0 Å². The van der Waals surface area contributed by atoms with E-state index in [0.29, 0.717) is 19.4 Å². The molecule has 0 amide bonds. The number of nitrogens with zero attached hydrogens (tertiary/aromatic N) is 1. The van der Waals surface area contributed by atoms with Crippen molar-refractivity contribution in [2.24, 2.45) is 0 Å². The number of carbonyl (C=O) groups is 1. The first kappa shape index (κ1) is 12.1. The Morgan fingerprint density at radius 2 is 2.27 bits per heavy atom. The second-order valence-corrected chi connectivity index (χ2v) is 4.15. The summed E-state index contributed by atoms with van der Waals surface area (Å²) in [5.41, 5.74) is 1.83. The fraction of sp³-hybridized carbons (Fsp3) is 0.600. The van der Waals surface area contributed by atoms with Crippen LogP contribution in [0.5, 0.6) is 0 Å². The first-order chi connectivity index (χ1) is 7.14. The van der Waals surface area contributed by atoms with Gasteiger partial charge in [0.1, 0.15) is 5.54 Å². The van der Waals surface area contributed by atoms with E-state index in [1.54, 1.807) is 5.51 Å². The van der Waals surface area contributed by atoms with Gasteiger partial charge in [-0.1, -0.05) is 13.8 Å². The van der Waals surface area contributed by atoms with Gasteiger partial charge >= 0.3 is 5.97 Å². The molecule has 0 fully saturated rings. The van der Waals surface area contributed by atoms with Gasteiger partial charge < -0.3 is 5.11 Å². The summed E-state index contributed by atoms with van der Waals surface area (Å²) in [7, 11) is 0. The highest BCUT2D eigenvalue weighted by Crippen LogP contribution is 2.16. The molecule has 0 bridgehead atoms. The molecule has 0 aliphatic rings. The fourth-order valence-corrected chi connectivity index (χ4v) is 2.02. The zero-order valence-electron chi connectivity index (χ0n) is 8.99. The van der Waals surface area contributed by atoms with Gasteiger partial charge in [0.25, 0.3) is 0 Å². The molecule has 2 N–H and O–H groups in total. The van der Waals surface area contributed by atoms with Gasteiger partial charge in [0.2, 0.25) is 0 Å². The third-order valence-electron chi connectivity index (χ3n) is 2.71. The zero-order chi connectivity index (χ0) is 11.3. The van der Waals surface area contributed by atoms with Crippen LogP contribution in [-0.2, 0) is 11.3 Å². The van der Waals surface area contributed by atoms with E-state index in [-0.39, 0.29) is 0 Å². The summed E-state index contributed by atoms with van der Waals surface area (Å²) < 4.78 is 0. The molecule has 0 unspecified atom stereocenters. The topological polar surface area (TPSA) is 62.2 Å². The van der Waals surface area contributed by atoms with E-state index in [9.17, 15) is 9.90 Å². The lowest BCUT2D eigenvalue weighted by molar-refractivity contribution is -0.145. The summed E-state index contributed by atoms with van der Waals surface area (Å²) in [6, 6.07) is 0. The smallest absolute Gasteiger partial charge is 0.323 e. The summed E-state index contributed by atoms with van der Waals surface area (Å²) in [4.78, 5) is 15.3. The van der Waals surface area contributed by atoms with Gasteiger partial charge in [-0.3, -0.25) is 10.1 Å². The summed E-state index contributed by atoms with van der Waals surface area (Å²) in [5, 5.41) is 14.2. The van der Waals surface area contributed by atoms with Crippen LogP contribution in [0.1, 0.15) is 32.4 Å². The lowest BCUT2D eigenvalue weighted by Crippen LogP contribution is -2.50. The highest BCUT2D eigenvalue weighted by atomic mass is 32.1. The Bertz CT molecular complexity index is 307. The molecule has 1 aromatic heterocycles.